The SMILES string of the molecule is CN1CCC(C(=O)Nc2ccc(Cl)cc2C(=O)NCc2ccc3c(c2)OCO3)CC1. The van der Waals surface area contributed by atoms with Crippen molar-refractivity contribution in [2.24, 2.45) is 5.92 Å². The third-order valence-corrected chi connectivity index (χ3v) is 5.70. The Balaban J connectivity index is 1.43. The smallest absolute Gasteiger partial charge is 0.253 e. The van der Waals surface area contributed by atoms with Gasteiger partial charge in [0.15, 0.2) is 11.5 Å². The normalized spacial score (nSPS) is 16.3. The van der Waals surface area contributed by atoms with Gasteiger partial charge < -0.3 is 25.0 Å². The second kappa shape index (κ2) is 8.93. The Hall–Kier alpha value is -2.77. The number of carbonyl (C=O) groups is 2. The summed E-state index contributed by atoms with van der Waals surface area (Å²) in [7, 11) is 2.05. The van der Waals surface area contributed by atoms with Crippen molar-refractivity contribution < 1.29 is 19.1 Å². The molecule has 0 unspecified atom stereocenters. The van der Waals surface area contributed by atoms with Crippen molar-refractivity contribution in [3.05, 3.63) is 52.5 Å². The maximum Gasteiger partial charge on any atom is 0.253 e. The average Bonchev–Trinajstić information content (AvgIpc) is 3.21. The van der Waals surface area contributed by atoms with Crippen molar-refractivity contribution >= 4 is 29.1 Å². The van der Waals surface area contributed by atoms with Crippen molar-refractivity contribution in [2.45, 2.75) is 19.4 Å². The first kappa shape index (κ1) is 20.5. The molecule has 2 heterocycles. The molecule has 7 nitrogen and oxygen atoms in total. The lowest BCUT2D eigenvalue weighted by Crippen LogP contribution is -2.36. The quantitative estimate of drug-likeness (QED) is 0.762. The van der Waals surface area contributed by atoms with Gasteiger partial charge in [-0.1, -0.05) is 17.7 Å². The molecule has 0 aromatic heterocycles. The number of nitrogens with one attached hydrogen (secondary N) is 2. The molecule has 2 aliphatic rings. The molecule has 0 bridgehead atoms. The lowest BCUT2D eigenvalue weighted by Gasteiger charge is -2.28. The van der Waals surface area contributed by atoms with E-state index in [-0.39, 0.29) is 24.5 Å². The van der Waals surface area contributed by atoms with Crippen LogP contribution in [0.5, 0.6) is 11.5 Å². The molecule has 0 radical (unpaired) electrons. The Bertz CT molecular complexity index is 957. The van der Waals surface area contributed by atoms with Gasteiger partial charge in [0.2, 0.25) is 12.7 Å². The highest BCUT2D eigenvalue weighted by atomic mass is 35.5. The number of hydrogen-bond acceptors (Lipinski definition) is 5. The van der Waals surface area contributed by atoms with Crippen molar-refractivity contribution in [2.75, 3.05) is 32.2 Å². The summed E-state index contributed by atoms with van der Waals surface area (Å²) in [5.41, 5.74) is 1.68. The minimum atomic E-state index is -0.311. The molecule has 30 heavy (non-hydrogen) atoms. The highest BCUT2D eigenvalue weighted by molar-refractivity contribution is 6.31. The van der Waals surface area contributed by atoms with Crippen LogP contribution in [-0.2, 0) is 11.3 Å². The predicted molar refractivity (Wildman–Crippen MR) is 114 cm³/mol. The van der Waals surface area contributed by atoms with E-state index in [2.05, 4.69) is 22.6 Å². The average molecular weight is 430 g/mol. The van der Waals surface area contributed by atoms with E-state index in [1.54, 1.807) is 18.2 Å². The minimum absolute atomic E-state index is 0.0542. The fourth-order valence-electron chi connectivity index (χ4n) is 3.65. The zero-order valence-corrected chi connectivity index (χ0v) is 17.5. The van der Waals surface area contributed by atoms with Crippen molar-refractivity contribution in [3.63, 3.8) is 0 Å². The lowest BCUT2D eigenvalue weighted by molar-refractivity contribution is -0.121. The van der Waals surface area contributed by atoms with Gasteiger partial charge in [-0.25, -0.2) is 0 Å². The van der Waals surface area contributed by atoms with Crippen molar-refractivity contribution in [3.8, 4) is 11.5 Å². The summed E-state index contributed by atoms with van der Waals surface area (Å²) in [5.74, 6) is 0.930. The Morgan fingerprint density at radius 1 is 1.10 bits per heavy atom. The molecule has 2 aromatic carbocycles. The number of hydrogen-bond donors (Lipinski definition) is 2. The number of benzene rings is 2. The highest BCUT2D eigenvalue weighted by Crippen LogP contribution is 2.32. The molecular weight excluding hydrogens is 406 g/mol. The number of halogens is 1. The minimum Gasteiger partial charge on any atom is -0.454 e. The summed E-state index contributed by atoms with van der Waals surface area (Å²) in [6, 6.07) is 10.4. The molecule has 2 aromatic rings. The number of carbonyl (C=O) groups excluding carboxylic acids is 2. The number of fused-ring (bicyclic) bond motifs is 1. The van der Waals surface area contributed by atoms with Crippen LogP contribution in [0.15, 0.2) is 36.4 Å². The van der Waals surface area contributed by atoms with Crippen molar-refractivity contribution in [1.29, 1.82) is 0 Å². The van der Waals surface area contributed by atoms with Gasteiger partial charge in [0.1, 0.15) is 0 Å². The van der Waals surface area contributed by atoms with Crippen LogP contribution < -0.4 is 20.1 Å². The van der Waals surface area contributed by atoms with Crippen LogP contribution in [0.3, 0.4) is 0 Å². The summed E-state index contributed by atoms with van der Waals surface area (Å²) < 4.78 is 10.7. The van der Waals surface area contributed by atoms with Crippen LogP contribution in [0.25, 0.3) is 0 Å². The van der Waals surface area contributed by atoms with E-state index in [1.165, 1.54) is 0 Å². The van der Waals surface area contributed by atoms with Gasteiger partial charge in [-0.15, -0.1) is 0 Å². The van der Waals surface area contributed by atoms with Gasteiger partial charge in [0.05, 0.1) is 11.3 Å². The molecule has 0 saturated carbocycles. The standard InChI is InChI=1S/C22H24ClN3O4/c1-26-8-6-15(7-9-26)21(27)25-18-4-3-16(23)11-17(18)22(28)24-12-14-2-5-19-20(10-14)30-13-29-19/h2-5,10-11,15H,6-9,12-13H2,1H3,(H,24,28)(H,25,27). The number of amides is 2. The maximum atomic E-state index is 12.8. The van der Waals surface area contributed by atoms with E-state index in [1.807, 2.05) is 18.2 Å². The fourth-order valence-corrected chi connectivity index (χ4v) is 3.82. The van der Waals surface area contributed by atoms with E-state index in [4.69, 9.17) is 21.1 Å². The van der Waals surface area contributed by atoms with Gasteiger partial charge >= 0.3 is 0 Å². The van der Waals surface area contributed by atoms with E-state index in [9.17, 15) is 9.59 Å². The Morgan fingerprint density at radius 3 is 2.67 bits per heavy atom. The van der Waals surface area contributed by atoms with Gasteiger partial charge in [0, 0.05) is 17.5 Å². The Morgan fingerprint density at radius 2 is 1.87 bits per heavy atom. The maximum absolute atomic E-state index is 12.8. The predicted octanol–water partition coefficient (Wildman–Crippen LogP) is 3.28. The third-order valence-electron chi connectivity index (χ3n) is 5.46. The van der Waals surface area contributed by atoms with E-state index >= 15 is 0 Å². The molecule has 2 amide bonds. The molecule has 158 valence electrons. The molecule has 0 spiro atoms. The number of ether oxygens (including phenoxy) is 2. The van der Waals surface area contributed by atoms with Crippen LogP contribution in [-0.4, -0.2) is 43.6 Å². The van der Waals surface area contributed by atoms with Gasteiger partial charge in [-0.3, -0.25) is 9.59 Å². The van der Waals surface area contributed by atoms with Gasteiger partial charge in [0.25, 0.3) is 5.91 Å². The summed E-state index contributed by atoms with van der Waals surface area (Å²) in [4.78, 5) is 27.8. The largest absolute Gasteiger partial charge is 0.454 e. The summed E-state index contributed by atoms with van der Waals surface area (Å²) in [5, 5.41) is 6.23. The first-order valence-corrected chi connectivity index (χ1v) is 10.3. The molecule has 0 aliphatic carbocycles. The molecule has 1 saturated heterocycles. The van der Waals surface area contributed by atoms with Crippen LogP contribution in [0.4, 0.5) is 5.69 Å². The van der Waals surface area contributed by atoms with Crippen LogP contribution in [0.1, 0.15) is 28.8 Å². The first-order chi connectivity index (χ1) is 14.5. The zero-order valence-electron chi connectivity index (χ0n) is 16.7. The molecule has 0 atom stereocenters. The summed E-state index contributed by atoms with van der Waals surface area (Å²) in [6.45, 7) is 2.29. The lowest BCUT2D eigenvalue weighted by atomic mass is 9.96. The van der Waals surface area contributed by atoms with E-state index < -0.39 is 0 Å². The van der Waals surface area contributed by atoms with Gasteiger partial charge in [-0.2, -0.15) is 0 Å². The van der Waals surface area contributed by atoms with Crippen LogP contribution in [0.2, 0.25) is 5.02 Å². The number of anilines is 1. The second-order valence-electron chi connectivity index (χ2n) is 7.63. The van der Waals surface area contributed by atoms with Gasteiger partial charge in [-0.05, 0) is 68.9 Å². The zero-order chi connectivity index (χ0) is 21.1. The topological polar surface area (TPSA) is 79.9 Å². The summed E-state index contributed by atoms with van der Waals surface area (Å²) >= 11 is 6.11. The molecular formula is C22H24ClN3O4. The summed E-state index contributed by atoms with van der Waals surface area (Å²) in [6.07, 6.45) is 1.61. The molecule has 2 aliphatic heterocycles. The van der Waals surface area contributed by atoms with Crippen LogP contribution in [0, 0.1) is 5.92 Å². The Kier molecular flexibility index (Phi) is 6.11. The van der Waals surface area contributed by atoms with E-state index in [0.29, 0.717) is 34.3 Å². The molecule has 1 fully saturated rings. The molecule has 8 heteroatoms. The first-order valence-electron chi connectivity index (χ1n) is 9.95. The highest BCUT2D eigenvalue weighted by Gasteiger charge is 2.24. The number of nitrogens with zero attached hydrogens (tertiary/aromatic N) is 1. The van der Waals surface area contributed by atoms with Crippen molar-refractivity contribution in [1.82, 2.24) is 10.2 Å². The second-order valence-corrected chi connectivity index (χ2v) is 8.06. The Labute approximate surface area is 180 Å². The molecule has 4 rings (SSSR count). The monoisotopic (exact) mass is 429 g/mol. The van der Waals surface area contributed by atoms with E-state index in [0.717, 1.165) is 31.5 Å². The number of rotatable bonds is 5. The number of likely N-dealkylation sites (tertiary alicyclic amines) is 1. The molecule has 2 N–H and O–H groups in total. The van der Waals surface area contributed by atoms with Crippen LogP contribution >= 0.6 is 11.6 Å². The number of piperidine rings is 1. The fraction of sp³-hybridized carbons (Fsp3) is 0.364. The third kappa shape index (κ3) is 4.68.